The zero-order valence-electron chi connectivity index (χ0n) is 17.9. The van der Waals surface area contributed by atoms with Gasteiger partial charge in [0.1, 0.15) is 17.2 Å². The van der Waals surface area contributed by atoms with Crippen molar-refractivity contribution in [2.75, 3.05) is 0 Å². The van der Waals surface area contributed by atoms with Gasteiger partial charge in [-0.25, -0.2) is 4.79 Å². The standard InChI is InChI=1S/C20H37N3O4/c1-18(2,3)14(22-17(26)27-19(4,5)6)15(24)23-20(7,16(21)25)13-11-9-8-10-12-13/h13-14H,8-12H2,1-7H3,(H2,21,25)(H,22,26)(H,23,24)/t14-,20+/m1/s1. The van der Waals surface area contributed by atoms with Crippen LogP contribution >= 0.6 is 0 Å². The van der Waals surface area contributed by atoms with Crippen LogP contribution in [0.15, 0.2) is 0 Å². The van der Waals surface area contributed by atoms with Crippen LogP contribution in [0.2, 0.25) is 0 Å². The Labute approximate surface area is 163 Å². The molecule has 1 aliphatic rings. The average molecular weight is 384 g/mol. The van der Waals surface area contributed by atoms with Crippen LogP contribution in [0.3, 0.4) is 0 Å². The van der Waals surface area contributed by atoms with Crippen LogP contribution in [0.5, 0.6) is 0 Å². The van der Waals surface area contributed by atoms with E-state index < -0.39 is 40.5 Å². The van der Waals surface area contributed by atoms with Gasteiger partial charge in [-0.15, -0.1) is 0 Å². The summed E-state index contributed by atoms with van der Waals surface area (Å²) in [6.07, 6.45) is 4.18. The van der Waals surface area contributed by atoms with Gasteiger partial charge in [0.05, 0.1) is 0 Å². The second-order valence-electron chi connectivity index (χ2n) is 9.84. The van der Waals surface area contributed by atoms with Crippen molar-refractivity contribution in [3.05, 3.63) is 0 Å². The van der Waals surface area contributed by atoms with E-state index in [0.717, 1.165) is 32.1 Å². The van der Waals surface area contributed by atoms with E-state index in [2.05, 4.69) is 10.6 Å². The number of ether oxygens (including phenoxy) is 1. The summed E-state index contributed by atoms with van der Waals surface area (Å²) in [7, 11) is 0. The summed E-state index contributed by atoms with van der Waals surface area (Å²) < 4.78 is 5.29. The van der Waals surface area contributed by atoms with Crippen LogP contribution in [0.25, 0.3) is 0 Å². The maximum Gasteiger partial charge on any atom is 0.408 e. The molecule has 0 saturated heterocycles. The Balaban J connectivity index is 2.99. The molecule has 0 aromatic rings. The van der Waals surface area contributed by atoms with Crippen molar-refractivity contribution in [3.63, 3.8) is 0 Å². The number of rotatable bonds is 5. The van der Waals surface area contributed by atoms with E-state index in [1.54, 1.807) is 27.7 Å². The molecule has 2 atom stereocenters. The lowest BCUT2D eigenvalue weighted by Gasteiger charge is -2.40. The molecule has 27 heavy (non-hydrogen) atoms. The third-order valence-electron chi connectivity index (χ3n) is 5.11. The van der Waals surface area contributed by atoms with E-state index in [9.17, 15) is 14.4 Å². The highest BCUT2D eigenvalue weighted by Gasteiger charge is 2.44. The molecule has 3 amide bonds. The SMILES string of the molecule is CC(C)(C)OC(=O)N[C@H](C(=O)N[C@](C)(C(N)=O)C1CCCCC1)C(C)(C)C. The fraction of sp³-hybridized carbons (Fsp3) is 0.850. The van der Waals surface area contributed by atoms with Gasteiger partial charge >= 0.3 is 6.09 Å². The lowest BCUT2D eigenvalue weighted by atomic mass is 9.74. The minimum atomic E-state index is -1.14. The first kappa shape index (κ1) is 23.2. The van der Waals surface area contributed by atoms with Crippen LogP contribution in [0.1, 0.15) is 80.6 Å². The molecular weight excluding hydrogens is 346 g/mol. The summed E-state index contributed by atoms with van der Waals surface area (Å²) in [5.41, 5.74) is 3.28. The number of carbonyl (C=O) groups excluding carboxylic acids is 3. The zero-order valence-corrected chi connectivity index (χ0v) is 17.9. The van der Waals surface area contributed by atoms with Gasteiger partial charge < -0.3 is 21.1 Å². The van der Waals surface area contributed by atoms with Crippen molar-refractivity contribution >= 4 is 17.9 Å². The highest BCUT2D eigenvalue weighted by molar-refractivity contribution is 5.93. The number of amides is 3. The highest BCUT2D eigenvalue weighted by atomic mass is 16.6. The van der Waals surface area contributed by atoms with Gasteiger partial charge in [-0.2, -0.15) is 0 Å². The van der Waals surface area contributed by atoms with Crippen LogP contribution in [0, 0.1) is 11.3 Å². The molecule has 7 nitrogen and oxygen atoms in total. The first-order valence-corrected chi connectivity index (χ1v) is 9.78. The molecule has 0 aliphatic heterocycles. The molecule has 7 heteroatoms. The molecule has 0 bridgehead atoms. The summed E-state index contributed by atoms with van der Waals surface area (Å²) in [4.78, 5) is 37.5. The van der Waals surface area contributed by atoms with Crippen molar-refractivity contribution in [2.45, 2.75) is 97.8 Å². The topological polar surface area (TPSA) is 111 Å². The van der Waals surface area contributed by atoms with Crippen LogP contribution in [0.4, 0.5) is 4.79 Å². The number of carbonyl (C=O) groups is 3. The van der Waals surface area contributed by atoms with E-state index in [4.69, 9.17) is 10.5 Å². The summed E-state index contributed by atoms with van der Waals surface area (Å²) in [5.74, 6) is -0.984. The first-order chi connectivity index (χ1) is 12.2. The molecule has 0 radical (unpaired) electrons. The Morgan fingerprint density at radius 2 is 1.48 bits per heavy atom. The maximum absolute atomic E-state index is 13.1. The predicted octanol–water partition coefficient (Wildman–Crippen LogP) is 2.87. The third kappa shape index (κ3) is 6.70. The Hall–Kier alpha value is -1.79. The predicted molar refractivity (Wildman–Crippen MR) is 105 cm³/mol. The zero-order chi connectivity index (χ0) is 21.0. The van der Waals surface area contributed by atoms with E-state index in [1.807, 2.05) is 20.8 Å². The summed E-state index contributed by atoms with van der Waals surface area (Å²) in [6.45, 7) is 12.5. The second kappa shape index (κ2) is 8.48. The van der Waals surface area contributed by atoms with Gasteiger partial charge in [0, 0.05) is 0 Å². The first-order valence-electron chi connectivity index (χ1n) is 9.78. The molecule has 0 heterocycles. The fourth-order valence-electron chi connectivity index (χ4n) is 3.47. The van der Waals surface area contributed by atoms with E-state index >= 15 is 0 Å². The summed E-state index contributed by atoms with van der Waals surface area (Å²) >= 11 is 0. The van der Waals surface area contributed by atoms with Crippen LogP contribution in [-0.2, 0) is 14.3 Å². The van der Waals surface area contributed by atoms with Crippen molar-refractivity contribution in [2.24, 2.45) is 17.1 Å². The molecule has 4 N–H and O–H groups in total. The molecule has 156 valence electrons. The van der Waals surface area contributed by atoms with Gasteiger partial charge in [0.25, 0.3) is 0 Å². The minimum absolute atomic E-state index is 0.00477. The average Bonchev–Trinajstić information content (AvgIpc) is 2.50. The van der Waals surface area contributed by atoms with Crippen molar-refractivity contribution in [1.29, 1.82) is 0 Å². The third-order valence-corrected chi connectivity index (χ3v) is 5.11. The fourth-order valence-corrected chi connectivity index (χ4v) is 3.47. The van der Waals surface area contributed by atoms with Crippen molar-refractivity contribution < 1.29 is 19.1 Å². The number of hydrogen-bond donors (Lipinski definition) is 3. The van der Waals surface area contributed by atoms with E-state index in [-0.39, 0.29) is 5.92 Å². The van der Waals surface area contributed by atoms with E-state index in [1.165, 1.54) is 0 Å². The largest absolute Gasteiger partial charge is 0.444 e. The Kier molecular flexibility index (Phi) is 7.30. The van der Waals surface area contributed by atoms with Gasteiger partial charge in [0.2, 0.25) is 11.8 Å². The lowest BCUT2D eigenvalue weighted by Crippen LogP contribution is -2.65. The second-order valence-corrected chi connectivity index (χ2v) is 9.84. The molecule has 1 fully saturated rings. The lowest BCUT2D eigenvalue weighted by molar-refractivity contribution is -0.136. The van der Waals surface area contributed by atoms with Crippen molar-refractivity contribution in [3.8, 4) is 0 Å². The molecule has 0 spiro atoms. The molecular formula is C20H37N3O4. The van der Waals surface area contributed by atoms with Gasteiger partial charge in [-0.3, -0.25) is 9.59 Å². The monoisotopic (exact) mass is 383 g/mol. The molecule has 0 aromatic carbocycles. The smallest absolute Gasteiger partial charge is 0.408 e. The van der Waals surface area contributed by atoms with E-state index in [0.29, 0.717) is 0 Å². The Morgan fingerprint density at radius 1 is 0.963 bits per heavy atom. The number of hydrogen-bond acceptors (Lipinski definition) is 4. The maximum atomic E-state index is 13.1. The summed E-state index contributed by atoms with van der Waals surface area (Å²) in [5, 5.41) is 5.51. The normalized spacial score (nSPS) is 19.5. The number of nitrogens with one attached hydrogen (secondary N) is 2. The van der Waals surface area contributed by atoms with Crippen LogP contribution in [-0.4, -0.2) is 35.1 Å². The van der Waals surface area contributed by atoms with Crippen LogP contribution < -0.4 is 16.4 Å². The Bertz CT molecular complexity index is 557. The molecule has 0 aromatic heterocycles. The number of nitrogens with two attached hydrogens (primary N) is 1. The molecule has 0 unspecified atom stereocenters. The molecule has 1 saturated carbocycles. The molecule has 1 rings (SSSR count). The van der Waals surface area contributed by atoms with Gasteiger partial charge in [-0.05, 0) is 51.9 Å². The minimum Gasteiger partial charge on any atom is -0.444 e. The Morgan fingerprint density at radius 3 is 1.89 bits per heavy atom. The van der Waals surface area contributed by atoms with Gasteiger partial charge in [0.15, 0.2) is 0 Å². The summed E-state index contributed by atoms with van der Waals surface area (Å²) in [6, 6.07) is -0.866. The number of alkyl carbamates (subject to hydrolysis) is 1. The van der Waals surface area contributed by atoms with Crippen molar-refractivity contribution in [1.82, 2.24) is 10.6 Å². The molecule has 1 aliphatic carbocycles. The number of primary amides is 1. The van der Waals surface area contributed by atoms with Gasteiger partial charge in [-0.1, -0.05) is 40.0 Å². The highest BCUT2D eigenvalue weighted by Crippen LogP contribution is 2.33. The quantitative estimate of drug-likeness (QED) is 0.678.